The molecule has 2 amide bonds. The number of nitrogens with zero attached hydrogens (tertiary/aromatic N) is 3. The summed E-state index contributed by atoms with van der Waals surface area (Å²) >= 11 is 1.58. The lowest BCUT2D eigenvalue weighted by Crippen LogP contribution is -2.63. The zero-order valence-corrected chi connectivity index (χ0v) is 23.9. The van der Waals surface area contributed by atoms with E-state index in [1.54, 1.807) is 11.3 Å². The van der Waals surface area contributed by atoms with E-state index in [1.807, 2.05) is 21.7 Å². The maximum atomic E-state index is 13.3. The normalized spacial score (nSPS) is 26.9. The van der Waals surface area contributed by atoms with Crippen molar-refractivity contribution in [3.05, 3.63) is 22.4 Å². The van der Waals surface area contributed by atoms with E-state index in [2.05, 4.69) is 23.6 Å². The maximum Gasteiger partial charge on any atom is 0.410 e. The molecule has 7 heteroatoms. The third-order valence-corrected chi connectivity index (χ3v) is 10.8. The summed E-state index contributed by atoms with van der Waals surface area (Å²) in [7, 11) is 0. The van der Waals surface area contributed by atoms with Crippen LogP contribution in [0.25, 0.3) is 0 Å². The van der Waals surface area contributed by atoms with E-state index < -0.39 is 0 Å². The predicted molar refractivity (Wildman–Crippen MR) is 149 cm³/mol. The number of carbonyl (C=O) groups is 2. The third kappa shape index (κ3) is 5.88. The van der Waals surface area contributed by atoms with Crippen LogP contribution in [0.3, 0.4) is 0 Å². The van der Waals surface area contributed by atoms with E-state index in [0.717, 1.165) is 76.9 Å². The quantitative estimate of drug-likeness (QED) is 0.409. The van der Waals surface area contributed by atoms with Crippen molar-refractivity contribution in [1.29, 1.82) is 0 Å². The van der Waals surface area contributed by atoms with Gasteiger partial charge in [-0.15, -0.1) is 0 Å². The number of unbranched alkanes of at least 4 members (excludes halogenated alkanes) is 1. The Balaban J connectivity index is 1.19. The number of likely N-dealkylation sites (tertiary alicyclic amines) is 2. The van der Waals surface area contributed by atoms with Crippen molar-refractivity contribution >= 4 is 23.3 Å². The molecule has 0 aromatic carbocycles. The summed E-state index contributed by atoms with van der Waals surface area (Å²) < 4.78 is 6.45. The summed E-state index contributed by atoms with van der Waals surface area (Å²) in [6, 6.07) is 1.93. The molecule has 1 unspecified atom stereocenters. The van der Waals surface area contributed by atoms with Gasteiger partial charge >= 0.3 is 6.09 Å². The zero-order chi connectivity index (χ0) is 25.9. The molecule has 0 radical (unpaired) electrons. The largest absolute Gasteiger partial charge is 0.442 e. The molecule has 37 heavy (non-hydrogen) atoms. The SMILES string of the molecule is CCCCC1CN(CC2CCCCC2)C(=O)OC12CCN(C1(C)CCN(C(=O)c3ccsc3)CC1)CC2. The Hall–Kier alpha value is -1.60. The zero-order valence-electron chi connectivity index (χ0n) is 23.1. The van der Waals surface area contributed by atoms with Gasteiger partial charge in [-0.3, -0.25) is 9.69 Å². The van der Waals surface area contributed by atoms with Gasteiger partial charge in [0.25, 0.3) is 5.91 Å². The molecule has 4 heterocycles. The van der Waals surface area contributed by atoms with Crippen molar-refractivity contribution in [2.75, 3.05) is 39.3 Å². The number of hydrogen-bond donors (Lipinski definition) is 0. The van der Waals surface area contributed by atoms with Crippen molar-refractivity contribution < 1.29 is 14.3 Å². The summed E-state index contributed by atoms with van der Waals surface area (Å²) in [5, 5.41) is 3.93. The minimum Gasteiger partial charge on any atom is -0.442 e. The Labute approximate surface area is 227 Å². The van der Waals surface area contributed by atoms with Crippen LogP contribution in [0.4, 0.5) is 4.79 Å². The van der Waals surface area contributed by atoms with Crippen LogP contribution in [0.1, 0.15) is 101 Å². The number of rotatable bonds is 7. The molecular formula is C30H47N3O3S. The molecule has 6 nitrogen and oxygen atoms in total. The highest BCUT2D eigenvalue weighted by molar-refractivity contribution is 7.08. The van der Waals surface area contributed by atoms with Gasteiger partial charge < -0.3 is 14.5 Å². The topological polar surface area (TPSA) is 53.1 Å². The van der Waals surface area contributed by atoms with Crippen LogP contribution < -0.4 is 0 Å². The lowest BCUT2D eigenvalue weighted by molar-refractivity contribution is -0.134. The molecule has 5 rings (SSSR count). The van der Waals surface area contributed by atoms with E-state index in [4.69, 9.17) is 4.74 Å². The Kier molecular flexibility index (Phi) is 8.49. The molecule has 1 aromatic heterocycles. The van der Waals surface area contributed by atoms with Gasteiger partial charge in [0.05, 0.1) is 5.56 Å². The molecule has 4 aliphatic rings. The van der Waals surface area contributed by atoms with Gasteiger partial charge in [0.15, 0.2) is 0 Å². The fraction of sp³-hybridized carbons (Fsp3) is 0.800. The van der Waals surface area contributed by atoms with E-state index in [-0.39, 0.29) is 23.1 Å². The van der Waals surface area contributed by atoms with E-state index in [0.29, 0.717) is 11.8 Å². The second kappa shape index (κ2) is 11.6. The molecule has 1 spiro atoms. The molecule has 0 bridgehead atoms. The first kappa shape index (κ1) is 27.0. The van der Waals surface area contributed by atoms with Gasteiger partial charge in [0, 0.05) is 68.9 Å². The average molecular weight is 530 g/mol. The van der Waals surface area contributed by atoms with Crippen LogP contribution in [0, 0.1) is 11.8 Å². The number of hydrogen-bond acceptors (Lipinski definition) is 5. The monoisotopic (exact) mass is 529 g/mol. The molecule has 1 atom stereocenters. The third-order valence-electron chi connectivity index (χ3n) is 10.1. The van der Waals surface area contributed by atoms with Crippen LogP contribution in [0.5, 0.6) is 0 Å². The summed E-state index contributed by atoms with van der Waals surface area (Å²) in [5.74, 6) is 1.27. The summed E-state index contributed by atoms with van der Waals surface area (Å²) in [6.45, 7) is 10.0. The van der Waals surface area contributed by atoms with Gasteiger partial charge in [-0.25, -0.2) is 4.79 Å². The van der Waals surface area contributed by atoms with Gasteiger partial charge in [-0.05, 0) is 56.4 Å². The number of ether oxygens (including phenoxy) is 1. The van der Waals surface area contributed by atoms with E-state index in [1.165, 1.54) is 44.9 Å². The molecule has 0 N–H and O–H groups in total. The smallest absolute Gasteiger partial charge is 0.410 e. The minimum atomic E-state index is -0.294. The minimum absolute atomic E-state index is 0.0572. The second-order valence-corrected chi connectivity index (χ2v) is 13.2. The van der Waals surface area contributed by atoms with Crippen molar-refractivity contribution in [3.8, 4) is 0 Å². The van der Waals surface area contributed by atoms with Crippen molar-refractivity contribution in [2.24, 2.45) is 11.8 Å². The van der Waals surface area contributed by atoms with Crippen LogP contribution in [0.2, 0.25) is 0 Å². The highest BCUT2D eigenvalue weighted by Crippen LogP contribution is 2.43. The van der Waals surface area contributed by atoms with E-state index in [9.17, 15) is 9.59 Å². The summed E-state index contributed by atoms with van der Waals surface area (Å²) in [6.07, 6.45) is 13.9. The van der Waals surface area contributed by atoms with Gasteiger partial charge in [-0.1, -0.05) is 39.0 Å². The van der Waals surface area contributed by atoms with Crippen LogP contribution >= 0.6 is 11.3 Å². The molecular weight excluding hydrogens is 482 g/mol. The van der Waals surface area contributed by atoms with Crippen LogP contribution in [0.15, 0.2) is 16.8 Å². The van der Waals surface area contributed by atoms with Crippen molar-refractivity contribution in [3.63, 3.8) is 0 Å². The second-order valence-electron chi connectivity index (χ2n) is 12.5. The fourth-order valence-electron chi connectivity index (χ4n) is 7.48. The van der Waals surface area contributed by atoms with Crippen molar-refractivity contribution in [2.45, 2.75) is 102 Å². The standard InChI is InChI=1S/C30H47N3O3S/c1-3-4-10-26-22-32(21-24-8-6-5-7-9-24)28(35)36-30(26)14-18-33(19-15-30)29(2)12-16-31(17-13-29)27(34)25-11-20-37-23-25/h11,20,23-24,26H,3-10,12-19,21-22H2,1-2H3. The Morgan fingerprint density at radius 3 is 2.46 bits per heavy atom. The molecule has 206 valence electrons. The number of thiophene rings is 1. The highest BCUT2D eigenvalue weighted by Gasteiger charge is 2.51. The van der Waals surface area contributed by atoms with Crippen molar-refractivity contribution in [1.82, 2.24) is 14.7 Å². The first-order valence-corrected chi connectivity index (χ1v) is 15.9. The maximum absolute atomic E-state index is 13.3. The number of carbonyl (C=O) groups excluding carboxylic acids is 2. The first-order chi connectivity index (χ1) is 17.9. The molecule has 1 aromatic rings. The summed E-state index contributed by atoms with van der Waals surface area (Å²) in [5.41, 5.74) is 0.637. The molecule has 3 aliphatic heterocycles. The first-order valence-electron chi connectivity index (χ1n) is 15.0. The predicted octanol–water partition coefficient (Wildman–Crippen LogP) is 6.42. The molecule has 3 saturated heterocycles. The van der Waals surface area contributed by atoms with Crippen LogP contribution in [-0.4, -0.2) is 77.1 Å². The Morgan fingerprint density at radius 2 is 1.81 bits per heavy atom. The number of amides is 2. The lowest BCUT2D eigenvalue weighted by atomic mass is 9.74. The summed E-state index contributed by atoms with van der Waals surface area (Å²) in [4.78, 5) is 32.8. The Bertz CT molecular complexity index is 897. The lowest BCUT2D eigenvalue weighted by Gasteiger charge is -2.55. The molecule has 1 aliphatic carbocycles. The highest BCUT2D eigenvalue weighted by atomic mass is 32.1. The Morgan fingerprint density at radius 1 is 1.08 bits per heavy atom. The average Bonchev–Trinajstić information content (AvgIpc) is 3.46. The molecule has 1 saturated carbocycles. The van der Waals surface area contributed by atoms with Crippen LogP contribution in [-0.2, 0) is 4.74 Å². The van der Waals surface area contributed by atoms with Gasteiger partial charge in [-0.2, -0.15) is 11.3 Å². The molecule has 4 fully saturated rings. The van der Waals surface area contributed by atoms with Gasteiger partial charge in [0.2, 0.25) is 0 Å². The van der Waals surface area contributed by atoms with Gasteiger partial charge in [0.1, 0.15) is 5.60 Å². The number of piperidine rings is 2. The van der Waals surface area contributed by atoms with E-state index >= 15 is 0 Å². The fourth-order valence-corrected chi connectivity index (χ4v) is 8.11.